The molecule has 2 aromatic rings. The van der Waals surface area contributed by atoms with Gasteiger partial charge < -0.3 is 50.7 Å². The zero-order valence-electron chi connectivity index (χ0n) is 35.2. The Labute approximate surface area is 358 Å². The number of carbonyl (C=O) groups excluding carboxylic acids is 9. The van der Waals surface area contributed by atoms with Crippen molar-refractivity contribution in [3.05, 3.63) is 70.9 Å². The number of rotatable bonds is 27. The second-order valence-corrected chi connectivity index (χ2v) is 14.0. The van der Waals surface area contributed by atoms with E-state index in [-0.39, 0.29) is 77.1 Å². The van der Waals surface area contributed by atoms with Crippen LogP contribution in [0.3, 0.4) is 0 Å². The molecule has 2 aromatic carbocycles. The van der Waals surface area contributed by atoms with Gasteiger partial charge in [-0.25, -0.2) is 5.21 Å². The highest BCUT2D eigenvalue weighted by atomic mass is 16.8. The normalized spacial score (nSPS) is 13.1. The van der Waals surface area contributed by atoms with Crippen molar-refractivity contribution in [2.75, 3.05) is 26.4 Å². The molecule has 340 valence electrons. The first-order valence-electron chi connectivity index (χ1n) is 19.8. The highest BCUT2D eigenvalue weighted by Gasteiger charge is 2.31. The lowest BCUT2D eigenvalue weighted by molar-refractivity contribution is -0.991. The number of benzene rings is 2. The number of hydrogen-bond acceptors (Lipinski definition) is 15. The van der Waals surface area contributed by atoms with Gasteiger partial charge in [0.05, 0.1) is 19.8 Å². The fourth-order valence-corrected chi connectivity index (χ4v) is 5.68. The third-order valence-corrected chi connectivity index (χ3v) is 8.71. The Bertz CT molecular complexity index is 1810. The van der Waals surface area contributed by atoms with Gasteiger partial charge in [0.25, 0.3) is 0 Å². The molecule has 0 aromatic heterocycles. The second kappa shape index (κ2) is 28.1. The van der Waals surface area contributed by atoms with E-state index in [0.29, 0.717) is 11.1 Å². The highest BCUT2D eigenvalue weighted by Crippen LogP contribution is 2.11. The van der Waals surface area contributed by atoms with E-state index in [9.17, 15) is 53.6 Å². The van der Waals surface area contributed by atoms with Crippen molar-refractivity contribution in [2.45, 2.75) is 103 Å². The summed E-state index contributed by atoms with van der Waals surface area (Å²) in [6.45, 7) is 3.83. The molecule has 0 saturated carbocycles. The van der Waals surface area contributed by atoms with E-state index >= 15 is 0 Å². The Morgan fingerprint density at radius 3 is 1.42 bits per heavy atom. The molecule has 0 aliphatic carbocycles. The summed E-state index contributed by atoms with van der Waals surface area (Å²) < 4.78 is 20.1. The first-order valence-corrected chi connectivity index (χ1v) is 19.8. The summed E-state index contributed by atoms with van der Waals surface area (Å²) in [6, 6.07) is 8.96. The van der Waals surface area contributed by atoms with Crippen LogP contribution in [0.2, 0.25) is 0 Å². The van der Waals surface area contributed by atoms with Crippen molar-refractivity contribution in [3.63, 3.8) is 0 Å². The Morgan fingerprint density at radius 2 is 1.00 bits per heavy atom. The molecule has 5 unspecified atom stereocenters. The van der Waals surface area contributed by atoms with Crippen LogP contribution in [0.25, 0.3) is 0 Å². The lowest BCUT2D eigenvalue weighted by Gasteiger charge is -2.26. The Morgan fingerprint density at radius 1 is 0.565 bits per heavy atom. The minimum atomic E-state index is -1.42. The average molecular weight is 873 g/mol. The summed E-state index contributed by atoms with van der Waals surface area (Å²) in [5.74, 6) is -6.42. The van der Waals surface area contributed by atoms with Crippen molar-refractivity contribution in [3.8, 4) is 0 Å². The summed E-state index contributed by atoms with van der Waals surface area (Å²) in [5.41, 5.74) is 1.10. The van der Waals surface area contributed by atoms with Gasteiger partial charge in [0.2, 0.25) is 29.5 Å². The Kier molecular flexibility index (Phi) is 23.5. The summed E-state index contributed by atoms with van der Waals surface area (Å²) in [4.78, 5) is 114. The molecule has 0 fully saturated rings. The molecule has 0 spiro atoms. The van der Waals surface area contributed by atoms with Crippen LogP contribution in [0.4, 0.5) is 5.69 Å². The third kappa shape index (κ3) is 21.7. The SMILES string of the molecule is CC(=O)NC(CCCOC(C)=O)C(=O)NC(CCCOC(C)=O)C(=O)NC(CCCOC(C)=O)C(=O)NC(Cc1ccc([NH+]([O-])O)cc1)C(=O)NCC(=O)OCc1ccccc1. The van der Waals surface area contributed by atoms with E-state index in [1.165, 1.54) is 52.0 Å². The Balaban J connectivity index is 2.37. The summed E-state index contributed by atoms with van der Waals surface area (Å²) in [7, 11) is 0. The van der Waals surface area contributed by atoms with Crippen molar-refractivity contribution < 1.29 is 72.5 Å². The number of hydrogen-bond donors (Lipinski definition) is 7. The molecule has 5 atom stereocenters. The van der Waals surface area contributed by atoms with Crippen LogP contribution in [0, 0.1) is 5.21 Å². The van der Waals surface area contributed by atoms with Crippen molar-refractivity contribution >= 4 is 59.1 Å². The lowest BCUT2D eigenvalue weighted by Crippen LogP contribution is -2.99. The minimum Gasteiger partial charge on any atom is -0.595 e. The van der Waals surface area contributed by atoms with Gasteiger partial charge in [-0.05, 0) is 49.7 Å². The quantitative estimate of drug-likeness (QED) is 0.0257. The molecule has 62 heavy (non-hydrogen) atoms. The van der Waals surface area contributed by atoms with Crippen LogP contribution in [0.1, 0.15) is 77.3 Å². The Hall–Kier alpha value is -6.45. The fraction of sp³-hybridized carbons (Fsp3) is 0.488. The summed E-state index contributed by atoms with van der Waals surface area (Å²) in [6.07, 6.45) is -0.110. The van der Waals surface area contributed by atoms with Gasteiger partial charge in [-0.1, -0.05) is 42.5 Å². The maximum absolute atomic E-state index is 14.0. The number of ether oxygens (including phenoxy) is 4. The van der Waals surface area contributed by atoms with Crippen LogP contribution >= 0.6 is 0 Å². The van der Waals surface area contributed by atoms with E-state index in [1.807, 2.05) is 0 Å². The van der Waals surface area contributed by atoms with Gasteiger partial charge >= 0.3 is 23.9 Å². The smallest absolute Gasteiger partial charge is 0.325 e. The van der Waals surface area contributed by atoms with Crippen LogP contribution < -0.4 is 31.8 Å². The first kappa shape index (κ1) is 51.7. The van der Waals surface area contributed by atoms with E-state index in [2.05, 4.69) is 26.6 Å². The van der Waals surface area contributed by atoms with Gasteiger partial charge in [-0.2, -0.15) is 5.23 Å². The molecule has 0 radical (unpaired) electrons. The minimum absolute atomic E-state index is 0.0227. The zero-order valence-corrected chi connectivity index (χ0v) is 35.2. The average Bonchev–Trinajstić information content (AvgIpc) is 3.22. The predicted molar refractivity (Wildman–Crippen MR) is 216 cm³/mol. The molecule has 21 nitrogen and oxygen atoms in total. The third-order valence-electron chi connectivity index (χ3n) is 8.71. The van der Waals surface area contributed by atoms with Gasteiger partial charge in [0.15, 0.2) is 5.69 Å². The molecule has 0 saturated heterocycles. The number of esters is 4. The second-order valence-electron chi connectivity index (χ2n) is 14.0. The number of carbonyl (C=O) groups is 9. The standard InChI is InChI=1S/C41H56N6O15/c1-26(48)43-33(13-8-20-59-27(2)49)39(54)44-34(14-9-21-60-28(3)50)40(55)45-35(15-10-22-61-29(4)51)41(56)46-36(23-30-16-18-32(19-17-30)47(57)58)38(53)42-24-37(52)62-25-31-11-6-5-7-12-31/h5-7,11-12,16-19,33-36,47,57H,8-10,13-15,20-25H2,1-4H3,(H,42,53)(H,43,48)(H,44,54)(H,45,55)(H,46,56). The van der Waals surface area contributed by atoms with Crippen LogP contribution in [-0.4, -0.2) is 109 Å². The monoisotopic (exact) mass is 872 g/mol. The maximum Gasteiger partial charge on any atom is 0.325 e. The molecule has 21 heteroatoms. The molecule has 0 heterocycles. The van der Waals surface area contributed by atoms with Crippen LogP contribution in [0.5, 0.6) is 0 Å². The molecule has 0 aliphatic rings. The molecule has 2 rings (SSSR count). The topological polar surface area (TPSA) is 298 Å². The van der Waals surface area contributed by atoms with E-state index in [0.717, 1.165) is 0 Å². The predicted octanol–water partition coefficient (Wildman–Crippen LogP) is -0.519. The van der Waals surface area contributed by atoms with Gasteiger partial charge in [0.1, 0.15) is 37.3 Å². The molecule has 0 aliphatic heterocycles. The molecule has 0 bridgehead atoms. The lowest BCUT2D eigenvalue weighted by atomic mass is 10.0. The summed E-state index contributed by atoms with van der Waals surface area (Å²) >= 11 is 0. The van der Waals surface area contributed by atoms with Crippen LogP contribution in [-0.2, 0) is 75.1 Å². The summed E-state index contributed by atoms with van der Waals surface area (Å²) in [5, 5.41) is 32.3. The largest absolute Gasteiger partial charge is 0.595 e. The highest BCUT2D eigenvalue weighted by molar-refractivity contribution is 5.96. The van der Waals surface area contributed by atoms with Crippen LogP contribution in [0.15, 0.2) is 54.6 Å². The van der Waals surface area contributed by atoms with Gasteiger partial charge in [-0.15, -0.1) is 0 Å². The number of quaternary nitrogens is 1. The zero-order chi connectivity index (χ0) is 46.0. The van der Waals surface area contributed by atoms with E-state index in [4.69, 9.17) is 18.9 Å². The molecular formula is C41H56N6O15. The van der Waals surface area contributed by atoms with Gasteiger partial charge in [0, 0.05) is 46.2 Å². The first-order chi connectivity index (χ1) is 29.4. The molecular weight excluding hydrogens is 816 g/mol. The van der Waals surface area contributed by atoms with Crippen molar-refractivity contribution in [1.82, 2.24) is 26.6 Å². The van der Waals surface area contributed by atoms with Crippen molar-refractivity contribution in [1.29, 1.82) is 0 Å². The van der Waals surface area contributed by atoms with Crippen molar-refractivity contribution in [2.24, 2.45) is 0 Å². The fourth-order valence-electron chi connectivity index (χ4n) is 5.68. The van der Waals surface area contributed by atoms with Gasteiger partial charge in [-0.3, -0.25) is 43.2 Å². The number of nitrogens with one attached hydrogen (secondary N) is 6. The van der Waals surface area contributed by atoms with E-state index in [1.54, 1.807) is 30.3 Å². The molecule has 7 N–H and O–H groups in total. The van der Waals surface area contributed by atoms with E-state index < -0.39 is 89.4 Å². The molecule has 5 amide bonds. The maximum atomic E-state index is 14.0. The number of amides is 5.